The van der Waals surface area contributed by atoms with Gasteiger partial charge < -0.3 is 10.5 Å². The first kappa shape index (κ1) is 14.0. The second-order valence-electron chi connectivity index (χ2n) is 5.42. The lowest BCUT2D eigenvalue weighted by molar-refractivity contribution is 0.0785. The number of ketones is 1. The van der Waals surface area contributed by atoms with Gasteiger partial charge in [-0.05, 0) is 37.3 Å². The van der Waals surface area contributed by atoms with Gasteiger partial charge in [-0.15, -0.1) is 0 Å². The van der Waals surface area contributed by atoms with Crippen LogP contribution in [0.2, 0.25) is 0 Å². The van der Waals surface area contributed by atoms with Gasteiger partial charge in [-0.3, -0.25) is 9.78 Å². The fraction of sp³-hybridized carbons (Fsp3) is 0.600. The number of hydrogen-bond donors (Lipinski definition) is 1. The molecule has 2 rings (SSSR count). The van der Waals surface area contributed by atoms with Crippen molar-refractivity contribution in [3.63, 3.8) is 0 Å². The predicted molar refractivity (Wildman–Crippen MR) is 74.3 cm³/mol. The van der Waals surface area contributed by atoms with Gasteiger partial charge in [0.05, 0.1) is 12.8 Å². The van der Waals surface area contributed by atoms with Gasteiger partial charge in [-0.1, -0.05) is 13.3 Å². The van der Waals surface area contributed by atoms with E-state index in [-0.39, 0.29) is 11.2 Å². The zero-order valence-electron chi connectivity index (χ0n) is 11.5. The van der Waals surface area contributed by atoms with Crippen LogP contribution in [0, 0.1) is 5.41 Å². The lowest BCUT2D eigenvalue weighted by Crippen LogP contribution is -2.39. The molecular weight excluding hydrogens is 240 g/mol. The molecule has 104 valence electrons. The van der Waals surface area contributed by atoms with Crippen molar-refractivity contribution < 1.29 is 9.53 Å². The van der Waals surface area contributed by atoms with E-state index in [9.17, 15) is 4.79 Å². The number of hydrogen-bond acceptors (Lipinski definition) is 4. The lowest BCUT2D eigenvalue weighted by atomic mass is 9.65. The van der Waals surface area contributed by atoms with Gasteiger partial charge in [0.1, 0.15) is 5.75 Å². The number of carbonyl (C=O) groups is 1. The summed E-state index contributed by atoms with van der Waals surface area (Å²) >= 11 is 0. The molecule has 2 N–H and O–H groups in total. The number of nitrogens with two attached hydrogens (primary N) is 1. The van der Waals surface area contributed by atoms with E-state index >= 15 is 0 Å². The first-order chi connectivity index (χ1) is 9.19. The van der Waals surface area contributed by atoms with Crippen molar-refractivity contribution in [1.29, 1.82) is 0 Å². The van der Waals surface area contributed by atoms with Crippen molar-refractivity contribution in [3.8, 4) is 5.75 Å². The van der Waals surface area contributed by atoms with E-state index in [4.69, 9.17) is 10.5 Å². The Morgan fingerprint density at radius 3 is 2.84 bits per heavy atom. The third-order valence-electron chi connectivity index (χ3n) is 3.89. The van der Waals surface area contributed by atoms with Crippen LogP contribution >= 0.6 is 0 Å². The molecule has 0 bridgehead atoms. The number of ether oxygens (including phenoxy) is 1. The molecule has 0 radical (unpaired) electrons. The van der Waals surface area contributed by atoms with E-state index in [0.717, 1.165) is 19.3 Å². The fourth-order valence-electron chi connectivity index (χ4n) is 2.44. The molecule has 1 aliphatic carbocycles. The van der Waals surface area contributed by atoms with Crippen molar-refractivity contribution in [1.82, 2.24) is 4.98 Å². The highest BCUT2D eigenvalue weighted by atomic mass is 16.5. The van der Waals surface area contributed by atoms with Gasteiger partial charge in [-0.25, -0.2) is 0 Å². The average Bonchev–Trinajstić information content (AvgIpc) is 2.40. The number of pyridine rings is 1. The van der Waals surface area contributed by atoms with Crippen LogP contribution in [-0.2, 0) is 0 Å². The normalized spacial score (nSPS) is 16.7. The third kappa shape index (κ3) is 3.32. The van der Waals surface area contributed by atoms with Crippen LogP contribution in [0.25, 0.3) is 0 Å². The second-order valence-corrected chi connectivity index (χ2v) is 5.42. The Morgan fingerprint density at radius 2 is 2.26 bits per heavy atom. The molecule has 4 heteroatoms. The molecule has 4 nitrogen and oxygen atoms in total. The maximum Gasteiger partial charge on any atom is 0.165 e. The molecular formula is C15H22N2O2. The molecule has 1 heterocycles. The standard InChI is InChI=1S/C15H22N2O2/c1-2-6-19-13-7-12(9-17-10-13)14(18)8-15(11-16)4-3-5-15/h7,9-10H,2-6,8,11,16H2,1H3. The first-order valence-corrected chi connectivity index (χ1v) is 7.00. The molecule has 0 aliphatic heterocycles. The first-order valence-electron chi connectivity index (χ1n) is 7.00. The third-order valence-corrected chi connectivity index (χ3v) is 3.89. The van der Waals surface area contributed by atoms with Crippen molar-refractivity contribution in [2.75, 3.05) is 13.2 Å². The number of rotatable bonds is 7. The molecule has 1 aromatic heterocycles. The smallest absolute Gasteiger partial charge is 0.165 e. The molecule has 1 aliphatic rings. The average molecular weight is 262 g/mol. The molecule has 0 unspecified atom stereocenters. The van der Waals surface area contributed by atoms with E-state index in [0.29, 0.717) is 30.9 Å². The quantitative estimate of drug-likeness (QED) is 0.767. The minimum Gasteiger partial charge on any atom is -0.492 e. The number of aromatic nitrogens is 1. The van der Waals surface area contributed by atoms with E-state index in [1.54, 1.807) is 18.5 Å². The molecule has 19 heavy (non-hydrogen) atoms. The predicted octanol–water partition coefficient (Wildman–Crippen LogP) is 2.57. The number of Topliss-reactive ketones (excluding diaryl/α,β-unsaturated/α-hetero) is 1. The summed E-state index contributed by atoms with van der Waals surface area (Å²) in [5.74, 6) is 0.794. The summed E-state index contributed by atoms with van der Waals surface area (Å²) in [6, 6.07) is 1.79. The molecule has 1 fully saturated rings. The van der Waals surface area contributed by atoms with Crippen molar-refractivity contribution in [2.24, 2.45) is 11.1 Å². The summed E-state index contributed by atoms with van der Waals surface area (Å²) in [6.45, 7) is 3.29. The zero-order chi connectivity index (χ0) is 13.7. The van der Waals surface area contributed by atoms with Crippen LogP contribution in [-0.4, -0.2) is 23.9 Å². The highest BCUT2D eigenvalue weighted by molar-refractivity contribution is 5.96. The molecule has 1 aromatic rings. The van der Waals surface area contributed by atoms with Crippen LogP contribution in [0.1, 0.15) is 49.4 Å². The Balaban J connectivity index is 2.02. The minimum atomic E-state index is 0.0391. The van der Waals surface area contributed by atoms with Crippen LogP contribution in [0.15, 0.2) is 18.5 Å². The van der Waals surface area contributed by atoms with E-state index in [1.807, 2.05) is 6.92 Å². The molecule has 0 atom stereocenters. The highest BCUT2D eigenvalue weighted by Gasteiger charge is 2.37. The van der Waals surface area contributed by atoms with Gasteiger partial charge >= 0.3 is 0 Å². The van der Waals surface area contributed by atoms with E-state index in [1.165, 1.54) is 6.42 Å². The Bertz CT molecular complexity index is 436. The molecule has 0 saturated heterocycles. The van der Waals surface area contributed by atoms with Crippen molar-refractivity contribution in [2.45, 2.75) is 39.0 Å². The fourth-order valence-corrected chi connectivity index (χ4v) is 2.44. The summed E-state index contributed by atoms with van der Waals surface area (Å²) in [7, 11) is 0. The Kier molecular flexibility index (Phi) is 4.53. The summed E-state index contributed by atoms with van der Waals surface area (Å²) in [6.07, 6.45) is 8.04. The Morgan fingerprint density at radius 1 is 1.47 bits per heavy atom. The minimum absolute atomic E-state index is 0.0391. The zero-order valence-corrected chi connectivity index (χ0v) is 11.5. The van der Waals surface area contributed by atoms with Gasteiger partial charge in [0.2, 0.25) is 0 Å². The second kappa shape index (κ2) is 6.15. The molecule has 0 spiro atoms. The largest absolute Gasteiger partial charge is 0.492 e. The van der Waals surface area contributed by atoms with Gasteiger partial charge in [0.25, 0.3) is 0 Å². The van der Waals surface area contributed by atoms with E-state index < -0.39 is 0 Å². The molecule has 0 amide bonds. The lowest BCUT2D eigenvalue weighted by Gasteiger charge is -2.40. The monoisotopic (exact) mass is 262 g/mol. The number of carbonyl (C=O) groups excluding carboxylic acids is 1. The van der Waals surface area contributed by atoms with Crippen LogP contribution in [0.3, 0.4) is 0 Å². The van der Waals surface area contributed by atoms with Crippen LogP contribution in [0.4, 0.5) is 0 Å². The molecule has 0 aromatic carbocycles. The maximum absolute atomic E-state index is 12.3. The van der Waals surface area contributed by atoms with Crippen LogP contribution in [0.5, 0.6) is 5.75 Å². The van der Waals surface area contributed by atoms with Crippen molar-refractivity contribution in [3.05, 3.63) is 24.0 Å². The maximum atomic E-state index is 12.3. The summed E-state index contributed by atoms with van der Waals surface area (Å²) in [4.78, 5) is 16.4. The van der Waals surface area contributed by atoms with Crippen molar-refractivity contribution >= 4 is 5.78 Å². The summed E-state index contributed by atoms with van der Waals surface area (Å²) in [5, 5.41) is 0. The van der Waals surface area contributed by atoms with Gasteiger partial charge in [0.15, 0.2) is 5.78 Å². The molecule has 1 saturated carbocycles. The SMILES string of the molecule is CCCOc1cncc(C(=O)CC2(CN)CCC2)c1. The Hall–Kier alpha value is -1.42. The van der Waals surface area contributed by atoms with Gasteiger partial charge in [0, 0.05) is 18.2 Å². The summed E-state index contributed by atoms with van der Waals surface area (Å²) in [5.41, 5.74) is 6.47. The summed E-state index contributed by atoms with van der Waals surface area (Å²) < 4.78 is 5.50. The van der Waals surface area contributed by atoms with Crippen LogP contribution < -0.4 is 10.5 Å². The Labute approximate surface area is 114 Å². The highest BCUT2D eigenvalue weighted by Crippen LogP contribution is 2.43. The van der Waals surface area contributed by atoms with Gasteiger partial charge in [-0.2, -0.15) is 0 Å². The van der Waals surface area contributed by atoms with E-state index in [2.05, 4.69) is 4.98 Å². The number of nitrogens with zero attached hydrogens (tertiary/aromatic N) is 1. The topological polar surface area (TPSA) is 65.2 Å².